The van der Waals surface area contributed by atoms with Crippen LogP contribution in [0, 0.1) is 11.6 Å². The van der Waals surface area contributed by atoms with Crippen LogP contribution in [0.5, 0.6) is 0 Å². The third-order valence-electron chi connectivity index (χ3n) is 2.48. The van der Waals surface area contributed by atoms with Gasteiger partial charge in [-0.3, -0.25) is 4.79 Å². The molecule has 1 atom stereocenters. The number of nitrogens with zero attached hydrogens (tertiary/aromatic N) is 1. The van der Waals surface area contributed by atoms with Crippen molar-refractivity contribution in [2.75, 3.05) is 13.6 Å². The van der Waals surface area contributed by atoms with Crippen LogP contribution in [-0.2, 0) is 0 Å². The van der Waals surface area contributed by atoms with E-state index in [1.165, 1.54) is 11.9 Å². The average molecular weight is 265 g/mol. The van der Waals surface area contributed by atoms with E-state index in [0.717, 1.165) is 18.2 Å². The van der Waals surface area contributed by atoms with Crippen molar-refractivity contribution in [1.82, 2.24) is 4.90 Å². The van der Waals surface area contributed by atoms with Gasteiger partial charge in [0.25, 0.3) is 5.91 Å². The predicted octanol–water partition coefficient (Wildman–Crippen LogP) is 1.81. The van der Waals surface area contributed by atoms with Gasteiger partial charge in [-0.2, -0.15) is 0 Å². The lowest BCUT2D eigenvalue weighted by Gasteiger charge is -2.23. The highest BCUT2D eigenvalue weighted by Crippen LogP contribution is 2.12. The molecule has 0 aliphatic rings. The summed E-state index contributed by atoms with van der Waals surface area (Å²) in [5, 5.41) is 0. The van der Waals surface area contributed by atoms with Gasteiger partial charge in [0.05, 0.1) is 5.56 Å². The van der Waals surface area contributed by atoms with E-state index in [-0.39, 0.29) is 30.6 Å². The van der Waals surface area contributed by atoms with Crippen LogP contribution in [0.2, 0.25) is 0 Å². The van der Waals surface area contributed by atoms with E-state index in [1.807, 2.05) is 0 Å². The van der Waals surface area contributed by atoms with Crippen molar-refractivity contribution in [1.29, 1.82) is 0 Å². The van der Waals surface area contributed by atoms with E-state index < -0.39 is 17.5 Å². The Kier molecular flexibility index (Phi) is 6.05. The number of likely N-dealkylation sites (N-methyl/N-ethyl adjacent to an activating group) is 1. The van der Waals surface area contributed by atoms with E-state index in [1.54, 1.807) is 6.92 Å². The smallest absolute Gasteiger partial charge is 0.256 e. The van der Waals surface area contributed by atoms with Crippen molar-refractivity contribution in [2.45, 2.75) is 13.0 Å². The fourth-order valence-corrected chi connectivity index (χ4v) is 1.21. The molecule has 1 amide bonds. The maximum Gasteiger partial charge on any atom is 0.256 e. The Morgan fingerprint density at radius 3 is 2.59 bits per heavy atom. The van der Waals surface area contributed by atoms with Crippen LogP contribution in [0.4, 0.5) is 8.78 Å². The molecule has 17 heavy (non-hydrogen) atoms. The van der Waals surface area contributed by atoms with Gasteiger partial charge in [-0.1, -0.05) is 0 Å². The molecule has 0 heterocycles. The zero-order chi connectivity index (χ0) is 12.3. The van der Waals surface area contributed by atoms with Gasteiger partial charge in [-0.05, 0) is 25.1 Å². The molecule has 6 heteroatoms. The minimum atomic E-state index is -0.734. The molecule has 1 unspecified atom stereocenters. The van der Waals surface area contributed by atoms with E-state index in [0.29, 0.717) is 0 Å². The molecule has 0 fully saturated rings. The minimum Gasteiger partial charge on any atom is -0.338 e. The van der Waals surface area contributed by atoms with Crippen molar-refractivity contribution in [2.24, 2.45) is 5.73 Å². The van der Waals surface area contributed by atoms with Crippen LogP contribution in [0.3, 0.4) is 0 Å². The molecule has 0 aromatic heterocycles. The summed E-state index contributed by atoms with van der Waals surface area (Å²) in [6.45, 7) is 1.99. The van der Waals surface area contributed by atoms with E-state index in [4.69, 9.17) is 5.73 Å². The Morgan fingerprint density at radius 2 is 2.06 bits per heavy atom. The van der Waals surface area contributed by atoms with E-state index >= 15 is 0 Å². The van der Waals surface area contributed by atoms with Crippen LogP contribution in [0.1, 0.15) is 17.3 Å². The summed E-state index contributed by atoms with van der Waals surface area (Å²) in [6, 6.07) is 2.56. The first kappa shape index (κ1) is 15.8. The third kappa shape index (κ3) is 3.64. The maximum absolute atomic E-state index is 13.3. The molecule has 0 spiro atoms. The number of rotatable bonds is 3. The van der Waals surface area contributed by atoms with Gasteiger partial charge in [-0.15, -0.1) is 12.4 Å². The Morgan fingerprint density at radius 1 is 1.47 bits per heavy atom. The summed E-state index contributed by atoms with van der Waals surface area (Å²) < 4.78 is 26.2. The number of carbonyl (C=O) groups is 1. The molecule has 0 saturated carbocycles. The molecule has 0 aliphatic heterocycles. The molecule has 0 saturated heterocycles. The van der Waals surface area contributed by atoms with Gasteiger partial charge in [0.2, 0.25) is 0 Å². The second-order valence-electron chi connectivity index (χ2n) is 3.62. The van der Waals surface area contributed by atoms with Gasteiger partial charge in [-0.25, -0.2) is 8.78 Å². The molecular weight excluding hydrogens is 250 g/mol. The summed E-state index contributed by atoms with van der Waals surface area (Å²) in [7, 11) is 1.50. The number of hydrogen-bond donors (Lipinski definition) is 1. The second kappa shape index (κ2) is 6.51. The number of halogens is 3. The highest BCUT2D eigenvalue weighted by Gasteiger charge is 2.20. The van der Waals surface area contributed by atoms with Gasteiger partial charge in [0.1, 0.15) is 11.6 Å². The normalized spacial score (nSPS) is 11.6. The highest BCUT2D eigenvalue weighted by molar-refractivity contribution is 5.94. The topological polar surface area (TPSA) is 46.3 Å². The lowest BCUT2D eigenvalue weighted by molar-refractivity contribution is 0.0743. The highest BCUT2D eigenvalue weighted by atomic mass is 35.5. The molecule has 1 aromatic rings. The average Bonchev–Trinajstić information content (AvgIpc) is 2.29. The quantitative estimate of drug-likeness (QED) is 0.905. The lowest BCUT2D eigenvalue weighted by atomic mass is 10.1. The van der Waals surface area contributed by atoms with Gasteiger partial charge >= 0.3 is 0 Å². The molecule has 2 N–H and O–H groups in total. The van der Waals surface area contributed by atoms with Crippen LogP contribution in [0.15, 0.2) is 18.2 Å². The first-order valence-corrected chi connectivity index (χ1v) is 4.89. The Hall–Kier alpha value is -1.20. The molecule has 3 nitrogen and oxygen atoms in total. The number of carbonyl (C=O) groups excluding carboxylic acids is 1. The monoisotopic (exact) mass is 264 g/mol. The van der Waals surface area contributed by atoms with Gasteiger partial charge in [0, 0.05) is 19.6 Å². The first-order chi connectivity index (χ1) is 7.47. The lowest BCUT2D eigenvalue weighted by Crippen LogP contribution is -2.40. The van der Waals surface area contributed by atoms with Crippen molar-refractivity contribution in [3.63, 3.8) is 0 Å². The molecule has 0 aliphatic carbocycles. The molecular formula is C11H15ClF2N2O. The second-order valence-corrected chi connectivity index (χ2v) is 3.62. The zero-order valence-electron chi connectivity index (χ0n) is 9.61. The molecule has 0 bridgehead atoms. The number of benzene rings is 1. The standard InChI is InChI=1S/C11H14F2N2O.ClH/c1-7(6-14)15(2)11(16)9-5-8(12)3-4-10(9)13;/h3-5,7H,6,14H2,1-2H3;1H. The van der Waals surface area contributed by atoms with Crippen LogP contribution < -0.4 is 5.73 Å². The summed E-state index contributed by atoms with van der Waals surface area (Å²) in [5.74, 6) is -1.95. The Bertz CT molecular complexity index is 401. The number of hydrogen-bond acceptors (Lipinski definition) is 2. The Balaban J connectivity index is 0.00000256. The number of nitrogens with two attached hydrogens (primary N) is 1. The van der Waals surface area contributed by atoms with Crippen LogP contribution in [0.25, 0.3) is 0 Å². The largest absolute Gasteiger partial charge is 0.338 e. The van der Waals surface area contributed by atoms with Crippen molar-refractivity contribution in [3.05, 3.63) is 35.4 Å². The summed E-state index contributed by atoms with van der Waals surface area (Å²) in [4.78, 5) is 13.1. The summed E-state index contributed by atoms with van der Waals surface area (Å²) in [6.07, 6.45) is 0. The van der Waals surface area contributed by atoms with Gasteiger partial charge in [0.15, 0.2) is 0 Å². The molecule has 1 rings (SSSR count). The fraction of sp³-hybridized carbons (Fsp3) is 0.364. The van der Waals surface area contributed by atoms with Crippen LogP contribution >= 0.6 is 12.4 Å². The molecule has 96 valence electrons. The maximum atomic E-state index is 13.3. The van der Waals surface area contributed by atoms with Crippen molar-refractivity contribution >= 4 is 18.3 Å². The molecule has 1 aromatic carbocycles. The minimum absolute atomic E-state index is 0. The Labute approximate surface area is 105 Å². The third-order valence-corrected chi connectivity index (χ3v) is 2.48. The van der Waals surface area contributed by atoms with Crippen molar-refractivity contribution < 1.29 is 13.6 Å². The summed E-state index contributed by atoms with van der Waals surface area (Å²) >= 11 is 0. The van der Waals surface area contributed by atoms with Gasteiger partial charge < -0.3 is 10.6 Å². The zero-order valence-corrected chi connectivity index (χ0v) is 10.4. The molecule has 0 radical (unpaired) electrons. The first-order valence-electron chi connectivity index (χ1n) is 4.89. The SMILES string of the molecule is CC(CN)N(C)C(=O)c1cc(F)ccc1F.Cl. The van der Waals surface area contributed by atoms with E-state index in [9.17, 15) is 13.6 Å². The van der Waals surface area contributed by atoms with E-state index in [2.05, 4.69) is 0 Å². The fourth-order valence-electron chi connectivity index (χ4n) is 1.21. The predicted molar refractivity (Wildman–Crippen MR) is 64.2 cm³/mol. The van der Waals surface area contributed by atoms with Crippen molar-refractivity contribution in [3.8, 4) is 0 Å². The summed E-state index contributed by atoms with van der Waals surface area (Å²) in [5.41, 5.74) is 5.12. The number of amides is 1. The van der Waals surface area contributed by atoms with Crippen LogP contribution in [-0.4, -0.2) is 30.4 Å².